The second kappa shape index (κ2) is 5.65. The van der Waals surface area contributed by atoms with Crippen LogP contribution in [0.15, 0.2) is 11.6 Å². The van der Waals surface area contributed by atoms with Crippen LogP contribution in [-0.2, 0) is 9.59 Å². The van der Waals surface area contributed by atoms with Crippen molar-refractivity contribution in [2.24, 2.45) is 0 Å². The number of hydrogen-bond donors (Lipinski definition) is 2. The van der Waals surface area contributed by atoms with Gasteiger partial charge in [0.2, 0.25) is 6.04 Å². The molecule has 0 amide bonds. The monoisotopic (exact) mass is 227 g/mol. The van der Waals surface area contributed by atoms with Crippen LogP contribution in [0.25, 0.3) is 0 Å². The smallest absolute Gasteiger partial charge is 0.332 e. The third-order valence-corrected chi connectivity index (χ3v) is 2.75. The molecule has 0 spiro atoms. The Morgan fingerprint density at radius 2 is 2.00 bits per heavy atom. The summed E-state index contributed by atoms with van der Waals surface area (Å²) in [5.74, 6) is -2.63. The first kappa shape index (κ1) is 12.7. The second-order valence-corrected chi connectivity index (χ2v) is 4.10. The standard InChI is InChI=1S/C11H17NO4/c1-12(9(10(13)14)11(15)16)7-8-5-3-2-4-6-8/h5,9H,2-4,6-7H2,1H3,(H,13,14)(H,15,16). The van der Waals surface area contributed by atoms with Gasteiger partial charge >= 0.3 is 11.9 Å². The highest BCUT2D eigenvalue weighted by atomic mass is 16.4. The number of aliphatic carboxylic acids is 2. The van der Waals surface area contributed by atoms with E-state index < -0.39 is 18.0 Å². The van der Waals surface area contributed by atoms with Crippen LogP contribution in [0.3, 0.4) is 0 Å². The SMILES string of the molecule is CN(CC1=CCCCC1)C(C(=O)O)C(=O)O. The van der Waals surface area contributed by atoms with E-state index in [9.17, 15) is 9.59 Å². The first-order chi connectivity index (χ1) is 7.52. The molecule has 0 saturated carbocycles. The average molecular weight is 227 g/mol. The van der Waals surface area contributed by atoms with E-state index in [-0.39, 0.29) is 0 Å². The van der Waals surface area contributed by atoms with E-state index in [0.29, 0.717) is 6.54 Å². The number of carboxylic acids is 2. The second-order valence-electron chi connectivity index (χ2n) is 4.10. The summed E-state index contributed by atoms with van der Waals surface area (Å²) in [6, 6.07) is -1.46. The summed E-state index contributed by atoms with van der Waals surface area (Å²) in [6.07, 6.45) is 6.30. The van der Waals surface area contributed by atoms with Crippen LogP contribution >= 0.6 is 0 Å². The fourth-order valence-corrected chi connectivity index (χ4v) is 1.94. The molecule has 0 bridgehead atoms. The van der Waals surface area contributed by atoms with Crippen LogP contribution < -0.4 is 0 Å². The van der Waals surface area contributed by atoms with Crippen molar-refractivity contribution >= 4 is 11.9 Å². The van der Waals surface area contributed by atoms with Crippen molar-refractivity contribution in [3.05, 3.63) is 11.6 Å². The van der Waals surface area contributed by atoms with Gasteiger partial charge in [0.05, 0.1) is 0 Å². The normalized spacial score (nSPS) is 16.3. The van der Waals surface area contributed by atoms with Gasteiger partial charge < -0.3 is 10.2 Å². The van der Waals surface area contributed by atoms with Gasteiger partial charge in [-0.2, -0.15) is 0 Å². The molecule has 16 heavy (non-hydrogen) atoms. The topological polar surface area (TPSA) is 77.8 Å². The van der Waals surface area contributed by atoms with Gasteiger partial charge in [0.1, 0.15) is 0 Å². The molecule has 0 saturated heterocycles. The number of allylic oxidation sites excluding steroid dienone is 1. The highest BCUT2D eigenvalue weighted by molar-refractivity contribution is 5.97. The third kappa shape index (κ3) is 3.34. The summed E-state index contributed by atoms with van der Waals surface area (Å²) >= 11 is 0. The van der Waals surface area contributed by atoms with Gasteiger partial charge in [0.15, 0.2) is 0 Å². The van der Waals surface area contributed by atoms with Crippen molar-refractivity contribution in [3.8, 4) is 0 Å². The van der Waals surface area contributed by atoms with Crippen LogP contribution in [-0.4, -0.2) is 46.7 Å². The van der Waals surface area contributed by atoms with Crippen LogP contribution in [0.1, 0.15) is 25.7 Å². The lowest BCUT2D eigenvalue weighted by Crippen LogP contribution is -2.45. The number of nitrogens with zero attached hydrogens (tertiary/aromatic N) is 1. The van der Waals surface area contributed by atoms with E-state index in [0.717, 1.165) is 31.3 Å². The van der Waals surface area contributed by atoms with Gasteiger partial charge in [0.25, 0.3) is 0 Å². The number of rotatable bonds is 5. The van der Waals surface area contributed by atoms with E-state index in [1.54, 1.807) is 0 Å². The molecule has 5 nitrogen and oxygen atoms in total. The van der Waals surface area contributed by atoms with Crippen molar-refractivity contribution in [2.45, 2.75) is 31.7 Å². The summed E-state index contributed by atoms with van der Waals surface area (Å²) < 4.78 is 0. The summed E-state index contributed by atoms with van der Waals surface area (Å²) in [5.41, 5.74) is 1.14. The molecule has 0 unspecified atom stereocenters. The lowest BCUT2D eigenvalue weighted by atomic mass is 9.99. The lowest BCUT2D eigenvalue weighted by Gasteiger charge is -2.23. The average Bonchev–Trinajstić information content (AvgIpc) is 2.17. The molecule has 0 aromatic carbocycles. The van der Waals surface area contributed by atoms with Gasteiger partial charge in [-0.15, -0.1) is 0 Å². The van der Waals surface area contributed by atoms with Crippen LogP contribution in [0.2, 0.25) is 0 Å². The molecule has 0 aromatic rings. The Labute approximate surface area is 94.4 Å². The molecule has 0 aliphatic heterocycles. The van der Waals surface area contributed by atoms with Gasteiger partial charge in [-0.05, 0) is 32.7 Å². The Kier molecular flexibility index (Phi) is 4.49. The van der Waals surface area contributed by atoms with Crippen molar-refractivity contribution < 1.29 is 19.8 Å². The summed E-state index contributed by atoms with van der Waals surface area (Å²) in [5, 5.41) is 17.6. The molecule has 5 heteroatoms. The molecule has 2 N–H and O–H groups in total. The van der Waals surface area contributed by atoms with Gasteiger partial charge in [0, 0.05) is 6.54 Å². The van der Waals surface area contributed by atoms with Gasteiger partial charge in [-0.3, -0.25) is 4.90 Å². The Morgan fingerprint density at radius 3 is 2.44 bits per heavy atom. The summed E-state index contributed by atoms with van der Waals surface area (Å²) in [7, 11) is 1.53. The van der Waals surface area contributed by atoms with Crippen molar-refractivity contribution in [1.29, 1.82) is 0 Å². The molecule has 1 rings (SSSR count). The van der Waals surface area contributed by atoms with Crippen LogP contribution in [0, 0.1) is 0 Å². The predicted octanol–water partition coefficient (Wildman–Crippen LogP) is 0.956. The maximum absolute atomic E-state index is 10.8. The molecule has 0 heterocycles. The Balaban J connectivity index is 2.61. The number of carbonyl (C=O) groups is 2. The predicted molar refractivity (Wildman–Crippen MR) is 58.2 cm³/mol. The van der Waals surface area contributed by atoms with E-state index in [1.165, 1.54) is 11.9 Å². The number of likely N-dealkylation sites (N-methyl/N-ethyl adjacent to an activating group) is 1. The lowest BCUT2D eigenvalue weighted by molar-refractivity contribution is -0.155. The highest BCUT2D eigenvalue weighted by Gasteiger charge is 2.30. The number of hydrogen-bond acceptors (Lipinski definition) is 3. The van der Waals surface area contributed by atoms with Crippen LogP contribution in [0.4, 0.5) is 0 Å². The Hall–Kier alpha value is -1.36. The zero-order valence-electron chi connectivity index (χ0n) is 9.35. The van der Waals surface area contributed by atoms with Gasteiger partial charge in [-0.25, -0.2) is 9.59 Å². The minimum atomic E-state index is -1.46. The molecule has 90 valence electrons. The molecule has 0 radical (unpaired) electrons. The Bertz CT molecular complexity index is 297. The van der Waals surface area contributed by atoms with E-state index in [2.05, 4.69) is 6.08 Å². The molecule has 1 aliphatic carbocycles. The molecule has 0 atom stereocenters. The summed E-state index contributed by atoms with van der Waals surface area (Å²) in [4.78, 5) is 22.9. The fraction of sp³-hybridized carbons (Fsp3) is 0.636. The quantitative estimate of drug-likeness (QED) is 0.540. The fourth-order valence-electron chi connectivity index (χ4n) is 1.94. The minimum absolute atomic E-state index is 0.420. The van der Waals surface area contributed by atoms with Crippen molar-refractivity contribution in [2.75, 3.05) is 13.6 Å². The third-order valence-electron chi connectivity index (χ3n) is 2.75. The number of carboxylic acid groups (broad SMARTS) is 2. The van der Waals surface area contributed by atoms with Crippen molar-refractivity contribution in [3.63, 3.8) is 0 Å². The molecule has 0 aromatic heterocycles. The first-order valence-electron chi connectivity index (χ1n) is 5.36. The van der Waals surface area contributed by atoms with E-state index in [4.69, 9.17) is 10.2 Å². The maximum Gasteiger partial charge on any atom is 0.332 e. The molecule has 0 fully saturated rings. The van der Waals surface area contributed by atoms with Crippen molar-refractivity contribution in [1.82, 2.24) is 4.90 Å². The molecular formula is C11H17NO4. The van der Waals surface area contributed by atoms with Crippen LogP contribution in [0.5, 0.6) is 0 Å². The zero-order valence-corrected chi connectivity index (χ0v) is 9.35. The minimum Gasteiger partial charge on any atom is -0.480 e. The zero-order chi connectivity index (χ0) is 12.1. The van der Waals surface area contributed by atoms with E-state index >= 15 is 0 Å². The largest absolute Gasteiger partial charge is 0.480 e. The Morgan fingerprint density at radius 1 is 1.38 bits per heavy atom. The maximum atomic E-state index is 10.8. The summed E-state index contributed by atoms with van der Waals surface area (Å²) in [6.45, 7) is 0.420. The molecule has 1 aliphatic rings. The highest BCUT2D eigenvalue weighted by Crippen LogP contribution is 2.18. The first-order valence-corrected chi connectivity index (χ1v) is 5.36. The van der Waals surface area contributed by atoms with E-state index in [1.807, 2.05) is 0 Å². The molecular weight excluding hydrogens is 210 g/mol. The van der Waals surface area contributed by atoms with Gasteiger partial charge in [-0.1, -0.05) is 11.6 Å².